The first-order valence-corrected chi connectivity index (χ1v) is 11.9. The maximum absolute atomic E-state index is 13.0. The van der Waals surface area contributed by atoms with Gasteiger partial charge in [-0.25, -0.2) is 17.5 Å². The number of carbonyl (C=O) groups excluding carboxylic acids is 2. The number of carbonyl (C=O) groups is 2. The molecule has 166 valence electrons. The van der Waals surface area contributed by atoms with Gasteiger partial charge in [0, 0.05) is 13.1 Å². The molecule has 1 fully saturated rings. The molecule has 31 heavy (non-hydrogen) atoms. The fourth-order valence-electron chi connectivity index (χ4n) is 3.57. The third-order valence-electron chi connectivity index (χ3n) is 5.39. The van der Waals surface area contributed by atoms with Gasteiger partial charge in [0.05, 0.1) is 35.1 Å². The van der Waals surface area contributed by atoms with Crippen LogP contribution in [0.15, 0.2) is 42.5 Å². The Bertz CT molecular complexity index is 1090. The molecule has 3 rings (SSSR count). The Labute approximate surface area is 187 Å². The quantitative estimate of drug-likeness (QED) is 0.659. The third kappa shape index (κ3) is 5.64. The van der Waals surface area contributed by atoms with Gasteiger partial charge in [0.15, 0.2) is 0 Å². The van der Waals surface area contributed by atoms with Gasteiger partial charge in [0.1, 0.15) is 0 Å². The number of aryl methyl sites for hydroxylation is 1. The number of benzene rings is 2. The molecule has 0 radical (unpaired) electrons. The standard InChI is InChI=1S/C22H25ClN2O5S/c1-15-6-3-4-7-18(15)14-31(28,29)25-11-5-8-17(13-25)21(26)24-20-12-16(22(27)30-2)9-10-19(20)23/h3-4,6-7,9-10,12,17H,5,8,11,13-14H2,1-2H3,(H,24,26)/t17-/m0/s1. The van der Waals surface area contributed by atoms with E-state index in [9.17, 15) is 18.0 Å². The lowest BCUT2D eigenvalue weighted by atomic mass is 9.98. The van der Waals surface area contributed by atoms with E-state index in [4.69, 9.17) is 16.3 Å². The molecule has 9 heteroatoms. The zero-order valence-corrected chi connectivity index (χ0v) is 19.0. The van der Waals surface area contributed by atoms with E-state index in [-0.39, 0.29) is 34.5 Å². The molecular weight excluding hydrogens is 440 g/mol. The smallest absolute Gasteiger partial charge is 0.337 e. The van der Waals surface area contributed by atoms with Crippen LogP contribution in [-0.4, -0.2) is 44.8 Å². The summed E-state index contributed by atoms with van der Waals surface area (Å²) in [5, 5.41) is 3.01. The molecule has 1 atom stereocenters. The number of hydrogen-bond acceptors (Lipinski definition) is 5. The van der Waals surface area contributed by atoms with Crippen molar-refractivity contribution in [1.82, 2.24) is 4.31 Å². The lowest BCUT2D eigenvalue weighted by Gasteiger charge is -2.31. The first kappa shape index (κ1) is 23.2. The minimum Gasteiger partial charge on any atom is -0.465 e. The highest BCUT2D eigenvalue weighted by atomic mass is 35.5. The Hall–Kier alpha value is -2.42. The second-order valence-electron chi connectivity index (χ2n) is 7.56. The summed E-state index contributed by atoms with van der Waals surface area (Å²) in [6.45, 7) is 2.37. The maximum atomic E-state index is 13.0. The first-order valence-electron chi connectivity index (χ1n) is 9.92. The molecule has 0 saturated carbocycles. The molecule has 0 aliphatic carbocycles. The summed E-state index contributed by atoms with van der Waals surface area (Å²) in [4.78, 5) is 24.6. The van der Waals surface area contributed by atoms with Crippen molar-refractivity contribution in [3.05, 3.63) is 64.2 Å². The summed E-state index contributed by atoms with van der Waals surface area (Å²) in [6, 6.07) is 11.8. The Kier molecular flexibility index (Phi) is 7.35. The number of amides is 1. The van der Waals surface area contributed by atoms with Crippen LogP contribution < -0.4 is 5.32 Å². The third-order valence-corrected chi connectivity index (χ3v) is 7.52. The van der Waals surface area contributed by atoms with Crippen LogP contribution in [0.3, 0.4) is 0 Å². The number of halogens is 1. The Balaban J connectivity index is 1.71. The summed E-state index contributed by atoms with van der Waals surface area (Å²) in [6.07, 6.45) is 1.15. The first-order chi connectivity index (χ1) is 14.7. The van der Waals surface area contributed by atoms with Gasteiger partial charge in [-0.05, 0) is 49.1 Å². The molecule has 2 aromatic rings. The van der Waals surface area contributed by atoms with E-state index < -0.39 is 21.9 Å². The number of hydrogen-bond donors (Lipinski definition) is 1. The van der Waals surface area contributed by atoms with Crippen LogP contribution in [0.5, 0.6) is 0 Å². The minimum absolute atomic E-state index is 0.0962. The second-order valence-corrected chi connectivity index (χ2v) is 9.93. The number of esters is 1. The average molecular weight is 465 g/mol. The molecule has 7 nitrogen and oxygen atoms in total. The highest BCUT2D eigenvalue weighted by molar-refractivity contribution is 7.88. The Morgan fingerprint density at radius 2 is 1.97 bits per heavy atom. The summed E-state index contributed by atoms with van der Waals surface area (Å²) in [7, 11) is -2.29. The van der Waals surface area contributed by atoms with E-state index in [1.54, 1.807) is 6.07 Å². The maximum Gasteiger partial charge on any atom is 0.337 e. The number of anilines is 1. The van der Waals surface area contributed by atoms with Crippen LogP contribution in [0, 0.1) is 12.8 Å². The van der Waals surface area contributed by atoms with E-state index in [1.165, 1.54) is 29.6 Å². The van der Waals surface area contributed by atoms with Crippen molar-refractivity contribution in [2.45, 2.75) is 25.5 Å². The van der Waals surface area contributed by atoms with E-state index in [1.807, 2.05) is 25.1 Å². The number of rotatable bonds is 6. The van der Waals surface area contributed by atoms with Crippen molar-refractivity contribution in [1.29, 1.82) is 0 Å². The van der Waals surface area contributed by atoms with E-state index in [0.717, 1.165) is 11.1 Å². The Morgan fingerprint density at radius 3 is 2.68 bits per heavy atom. The van der Waals surface area contributed by atoms with Gasteiger partial charge in [-0.15, -0.1) is 0 Å². The van der Waals surface area contributed by atoms with Gasteiger partial charge in [0.25, 0.3) is 0 Å². The highest BCUT2D eigenvalue weighted by Crippen LogP contribution is 2.27. The number of nitrogens with one attached hydrogen (secondary N) is 1. The summed E-state index contributed by atoms with van der Waals surface area (Å²) in [5.74, 6) is -1.49. The second kappa shape index (κ2) is 9.80. The molecule has 1 heterocycles. The number of methoxy groups -OCH3 is 1. The highest BCUT2D eigenvalue weighted by Gasteiger charge is 2.33. The molecule has 1 aliphatic rings. The largest absolute Gasteiger partial charge is 0.465 e. The van der Waals surface area contributed by atoms with Gasteiger partial charge >= 0.3 is 5.97 Å². The predicted molar refractivity (Wildman–Crippen MR) is 120 cm³/mol. The fourth-order valence-corrected chi connectivity index (χ4v) is 5.45. The number of nitrogens with zero attached hydrogens (tertiary/aromatic N) is 1. The van der Waals surface area contributed by atoms with Crippen molar-refractivity contribution in [3.63, 3.8) is 0 Å². The van der Waals surface area contributed by atoms with Crippen LogP contribution >= 0.6 is 11.6 Å². The predicted octanol–water partition coefficient (Wildman–Crippen LogP) is 3.62. The minimum atomic E-state index is -3.56. The van der Waals surface area contributed by atoms with Crippen LogP contribution in [0.1, 0.15) is 34.3 Å². The number of sulfonamides is 1. The van der Waals surface area contributed by atoms with E-state index in [2.05, 4.69) is 5.32 Å². The van der Waals surface area contributed by atoms with Gasteiger partial charge < -0.3 is 10.1 Å². The molecule has 0 bridgehead atoms. The van der Waals surface area contributed by atoms with Crippen molar-refractivity contribution in [2.75, 3.05) is 25.5 Å². The topological polar surface area (TPSA) is 92.8 Å². The monoisotopic (exact) mass is 464 g/mol. The lowest BCUT2D eigenvalue weighted by molar-refractivity contribution is -0.120. The van der Waals surface area contributed by atoms with Gasteiger partial charge in [-0.1, -0.05) is 35.9 Å². The molecule has 0 unspecified atom stereocenters. The van der Waals surface area contributed by atoms with E-state index in [0.29, 0.717) is 19.4 Å². The number of ether oxygens (including phenoxy) is 1. The summed E-state index contributed by atoms with van der Waals surface area (Å²) >= 11 is 6.16. The number of piperidine rings is 1. The van der Waals surface area contributed by atoms with Gasteiger partial charge in [-0.2, -0.15) is 0 Å². The van der Waals surface area contributed by atoms with Crippen LogP contribution in [0.4, 0.5) is 5.69 Å². The van der Waals surface area contributed by atoms with E-state index >= 15 is 0 Å². The molecule has 2 aromatic carbocycles. The SMILES string of the molecule is COC(=O)c1ccc(Cl)c(NC(=O)[C@H]2CCCN(S(=O)(=O)Cc3ccccc3C)C2)c1. The normalized spacial score (nSPS) is 17.2. The molecule has 0 aromatic heterocycles. The molecule has 1 N–H and O–H groups in total. The average Bonchev–Trinajstić information content (AvgIpc) is 2.76. The van der Waals surface area contributed by atoms with Crippen LogP contribution in [0.25, 0.3) is 0 Å². The van der Waals surface area contributed by atoms with Crippen molar-refractivity contribution in [3.8, 4) is 0 Å². The van der Waals surface area contributed by atoms with Gasteiger partial charge in [0.2, 0.25) is 15.9 Å². The van der Waals surface area contributed by atoms with Crippen molar-refractivity contribution in [2.24, 2.45) is 5.92 Å². The summed E-state index contributed by atoms with van der Waals surface area (Å²) < 4.78 is 32.0. The molecular formula is C22H25ClN2O5S. The molecule has 1 saturated heterocycles. The molecule has 1 aliphatic heterocycles. The van der Waals surface area contributed by atoms with Gasteiger partial charge in [-0.3, -0.25) is 4.79 Å². The summed E-state index contributed by atoms with van der Waals surface area (Å²) in [5.41, 5.74) is 2.21. The fraction of sp³-hybridized carbons (Fsp3) is 0.364. The van der Waals surface area contributed by atoms with Crippen molar-refractivity contribution >= 4 is 39.2 Å². The zero-order chi connectivity index (χ0) is 22.6. The molecule has 0 spiro atoms. The van der Waals surface area contributed by atoms with Crippen LogP contribution in [-0.2, 0) is 25.3 Å². The van der Waals surface area contributed by atoms with Crippen LogP contribution in [0.2, 0.25) is 5.02 Å². The van der Waals surface area contributed by atoms with Crippen molar-refractivity contribution < 1.29 is 22.7 Å². The zero-order valence-electron chi connectivity index (χ0n) is 17.4. The Morgan fingerprint density at radius 1 is 1.23 bits per heavy atom. The molecule has 1 amide bonds. The lowest BCUT2D eigenvalue weighted by Crippen LogP contribution is -2.44.